The van der Waals surface area contributed by atoms with Gasteiger partial charge >= 0.3 is 0 Å². The van der Waals surface area contributed by atoms with E-state index in [9.17, 15) is 4.79 Å². The molecule has 0 aromatic carbocycles. The molecule has 1 heterocycles. The number of carbonyl (C=O) groups excluding carboxylic acids is 1. The van der Waals surface area contributed by atoms with Gasteiger partial charge in [0.15, 0.2) is 0 Å². The fourth-order valence-corrected chi connectivity index (χ4v) is 3.55. The monoisotopic (exact) mass is 267 g/mol. The second-order valence-corrected chi connectivity index (χ2v) is 6.72. The van der Waals surface area contributed by atoms with E-state index in [1.165, 1.54) is 0 Å². The zero-order valence-electron chi connectivity index (χ0n) is 12.7. The van der Waals surface area contributed by atoms with E-state index in [4.69, 9.17) is 4.74 Å². The van der Waals surface area contributed by atoms with E-state index in [0.717, 1.165) is 57.8 Å². The zero-order valence-corrected chi connectivity index (χ0v) is 12.7. The SMILES string of the molecule is CC(C)C1CCC(=O)C(CN(C)C2CCOCC2)C1. The third kappa shape index (κ3) is 4.03. The van der Waals surface area contributed by atoms with Gasteiger partial charge in [-0.3, -0.25) is 4.79 Å². The number of hydrogen-bond donors (Lipinski definition) is 0. The molecule has 0 radical (unpaired) electrons. The highest BCUT2D eigenvalue weighted by Gasteiger charge is 2.32. The lowest BCUT2D eigenvalue weighted by Crippen LogP contribution is -2.42. The molecule has 110 valence electrons. The highest BCUT2D eigenvalue weighted by atomic mass is 16.5. The Balaban J connectivity index is 1.86. The van der Waals surface area contributed by atoms with Crippen LogP contribution < -0.4 is 0 Å². The number of ketones is 1. The molecule has 2 unspecified atom stereocenters. The van der Waals surface area contributed by atoms with Crippen LogP contribution in [-0.2, 0) is 9.53 Å². The Kier molecular flexibility index (Phi) is 5.40. The zero-order chi connectivity index (χ0) is 13.8. The third-order valence-corrected chi connectivity index (χ3v) is 5.07. The van der Waals surface area contributed by atoms with Crippen LogP contribution in [0.4, 0.5) is 0 Å². The summed E-state index contributed by atoms with van der Waals surface area (Å²) in [7, 11) is 2.18. The van der Waals surface area contributed by atoms with Crippen LogP contribution in [0, 0.1) is 17.8 Å². The van der Waals surface area contributed by atoms with Gasteiger partial charge in [-0.05, 0) is 44.6 Å². The highest BCUT2D eigenvalue weighted by molar-refractivity contribution is 5.82. The minimum absolute atomic E-state index is 0.272. The summed E-state index contributed by atoms with van der Waals surface area (Å²) < 4.78 is 5.42. The first-order valence-electron chi connectivity index (χ1n) is 7.88. The summed E-state index contributed by atoms with van der Waals surface area (Å²) in [6, 6.07) is 0.612. The first-order valence-corrected chi connectivity index (χ1v) is 7.88. The maximum absolute atomic E-state index is 12.1. The minimum atomic E-state index is 0.272. The fraction of sp³-hybridized carbons (Fsp3) is 0.938. The average molecular weight is 267 g/mol. The van der Waals surface area contributed by atoms with Crippen molar-refractivity contribution in [3.05, 3.63) is 0 Å². The van der Waals surface area contributed by atoms with E-state index in [-0.39, 0.29) is 5.92 Å². The molecule has 3 heteroatoms. The number of carbonyl (C=O) groups is 1. The van der Waals surface area contributed by atoms with Crippen LogP contribution in [-0.4, -0.2) is 43.5 Å². The summed E-state index contributed by atoms with van der Waals surface area (Å²) in [5, 5.41) is 0. The lowest BCUT2D eigenvalue weighted by molar-refractivity contribution is -0.127. The first kappa shape index (κ1) is 15.0. The summed E-state index contributed by atoms with van der Waals surface area (Å²) in [5.41, 5.74) is 0. The second kappa shape index (κ2) is 6.85. The predicted octanol–water partition coefficient (Wildman–Crippen LogP) is 2.74. The van der Waals surface area contributed by atoms with Gasteiger partial charge in [0.05, 0.1) is 0 Å². The molecule has 0 aromatic heterocycles. The van der Waals surface area contributed by atoms with Crippen molar-refractivity contribution in [1.82, 2.24) is 4.90 Å². The Labute approximate surface area is 117 Å². The summed E-state index contributed by atoms with van der Waals surface area (Å²) in [4.78, 5) is 14.5. The number of nitrogens with zero attached hydrogens (tertiary/aromatic N) is 1. The third-order valence-electron chi connectivity index (χ3n) is 5.07. The van der Waals surface area contributed by atoms with Crippen LogP contribution >= 0.6 is 0 Å². The van der Waals surface area contributed by atoms with Crippen LogP contribution in [0.25, 0.3) is 0 Å². The standard InChI is InChI=1S/C16H29NO2/c1-12(2)13-4-5-16(18)14(10-13)11-17(3)15-6-8-19-9-7-15/h12-15H,4-11H2,1-3H3. The molecule has 0 aromatic rings. The van der Waals surface area contributed by atoms with Gasteiger partial charge < -0.3 is 9.64 Å². The lowest BCUT2D eigenvalue weighted by Gasteiger charge is -2.36. The molecule has 0 bridgehead atoms. The largest absolute Gasteiger partial charge is 0.381 e. The van der Waals surface area contributed by atoms with E-state index in [2.05, 4.69) is 25.8 Å². The van der Waals surface area contributed by atoms with Gasteiger partial charge in [-0.25, -0.2) is 0 Å². The smallest absolute Gasteiger partial charge is 0.137 e. The van der Waals surface area contributed by atoms with Crippen LogP contribution in [0.15, 0.2) is 0 Å². The molecule has 2 atom stereocenters. The van der Waals surface area contributed by atoms with Crippen molar-refractivity contribution in [2.24, 2.45) is 17.8 Å². The van der Waals surface area contributed by atoms with Gasteiger partial charge in [-0.1, -0.05) is 13.8 Å². The van der Waals surface area contributed by atoms with E-state index >= 15 is 0 Å². The first-order chi connectivity index (χ1) is 9.08. The maximum atomic E-state index is 12.1. The molecular weight excluding hydrogens is 238 g/mol. The number of rotatable bonds is 4. The lowest BCUT2D eigenvalue weighted by atomic mass is 9.75. The molecule has 0 amide bonds. The van der Waals surface area contributed by atoms with E-state index in [1.807, 2.05) is 0 Å². The second-order valence-electron chi connectivity index (χ2n) is 6.72. The van der Waals surface area contributed by atoms with Gasteiger partial charge in [0.2, 0.25) is 0 Å². The maximum Gasteiger partial charge on any atom is 0.137 e. The number of Topliss-reactive ketones (excluding diaryl/α,β-unsaturated/α-hetero) is 1. The molecule has 2 rings (SSSR count). The Morgan fingerprint density at radius 2 is 1.95 bits per heavy atom. The van der Waals surface area contributed by atoms with Gasteiger partial charge in [-0.15, -0.1) is 0 Å². The molecule has 3 nitrogen and oxygen atoms in total. The van der Waals surface area contributed by atoms with E-state index in [0.29, 0.717) is 17.7 Å². The van der Waals surface area contributed by atoms with Crippen molar-refractivity contribution < 1.29 is 9.53 Å². The van der Waals surface area contributed by atoms with Crippen molar-refractivity contribution in [2.45, 2.75) is 52.0 Å². The summed E-state index contributed by atoms with van der Waals surface area (Å²) in [6.07, 6.45) is 5.24. The summed E-state index contributed by atoms with van der Waals surface area (Å²) >= 11 is 0. The molecule has 0 spiro atoms. The van der Waals surface area contributed by atoms with Crippen molar-refractivity contribution >= 4 is 5.78 Å². The molecule has 19 heavy (non-hydrogen) atoms. The number of ether oxygens (including phenoxy) is 1. The minimum Gasteiger partial charge on any atom is -0.381 e. The fourth-order valence-electron chi connectivity index (χ4n) is 3.55. The molecule has 1 saturated carbocycles. The van der Waals surface area contributed by atoms with Gasteiger partial charge in [-0.2, -0.15) is 0 Å². The summed E-state index contributed by atoms with van der Waals surface area (Å²) in [6.45, 7) is 7.29. The van der Waals surface area contributed by atoms with Gasteiger partial charge in [0, 0.05) is 38.1 Å². The topological polar surface area (TPSA) is 29.5 Å². The van der Waals surface area contributed by atoms with Crippen LogP contribution in [0.3, 0.4) is 0 Å². The van der Waals surface area contributed by atoms with Crippen LogP contribution in [0.1, 0.15) is 46.0 Å². The highest BCUT2D eigenvalue weighted by Crippen LogP contribution is 2.32. The average Bonchev–Trinajstić information content (AvgIpc) is 2.42. The normalized spacial score (nSPS) is 30.3. The Morgan fingerprint density at radius 3 is 2.58 bits per heavy atom. The van der Waals surface area contributed by atoms with Crippen LogP contribution in [0.2, 0.25) is 0 Å². The summed E-state index contributed by atoms with van der Waals surface area (Å²) in [5.74, 6) is 2.22. The van der Waals surface area contributed by atoms with Gasteiger partial charge in [0.1, 0.15) is 5.78 Å². The predicted molar refractivity (Wildman–Crippen MR) is 77.1 cm³/mol. The molecule has 0 N–H and O–H groups in total. The molecular formula is C16H29NO2. The quantitative estimate of drug-likeness (QED) is 0.784. The molecule has 1 aliphatic heterocycles. The Morgan fingerprint density at radius 1 is 1.26 bits per heavy atom. The van der Waals surface area contributed by atoms with E-state index < -0.39 is 0 Å². The van der Waals surface area contributed by atoms with Crippen molar-refractivity contribution in [3.8, 4) is 0 Å². The molecule has 2 aliphatic rings. The Bertz CT molecular complexity index is 297. The number of hydrogen-bond acceptors (Lipinski definition) is 3. The van der Waals surface area contributed by atoms with Crippen molar-refractivity contribution in [3.63, 3.8) is 0 Å². The molecule has 1 aliphatic carbocycles. The van der Waals surface area contributed by atoms with E-state index in [1.54, 1.807) is 0 Å². The molecule has 2 fully saturated rings. The van der Waals surface area contributed by atoms with Gasteiger partial charge in [0.25, 0.3) is 0 Å². The van der Waals surface area contributed by atoms with Crippen LogP contribution in [0.5, 0.6) is 0 Å². The molecule has 1 saturated heterocycles. The van der Waals surface area contributed by atoms with Crippen molar-refractivity contribution in [1.29, 1.82) is 0 Å². The Hall–Kier alpha value is -0.410. The van der Waals surface area contributed by atoms with Crippen molar-refractivity contribution in [2.75, 3.05) is 26.8 Å².